The summed E-state index contributed by atoms with van der Waals surface area (Å²) in [6.07, 6.45) is 0.915. The molecule has 1 amide bonds. The predicted octanol–water partition coefficient (Wildman–Crippen LogP) is 5.39. The van der Waals surface area contributed by atoms with Crippen molar-refractivity contribution in [2.24, 2.45) is 0 Å². The fraction of sp³-hybridized carbons (Fsp3) is 0.160. The molecule has 6 rings (SSSR count). The van der Waals surface area contributed by atoms with Crippen LogP contribution in [0.15, 0.2) is 77.5 Å². The van der Waals surface area contributed by atoms with Crippen molar-refractivity contribution in [2.75, 3.05) is 6.54 Å². The predicted molar refractivity (Wildman–Crippen MR) is 128 cm³/mol. The quantitative estimate of drug-likeness (QED) is 0.364. The number of fused-ring (bicyclic) bond motifs is 2. The zero-order valence-electron chi connectivity index (χ0n) is 17.2. The fourth-order valence-corrected chi connectivity index (χ4v) is 6.17. The van der Waals surface area contributed by atoms with Gasteiger partial charge in [-0.25, -0.2) is 4.68 Å². The van der Waals surface area contributed by atoms with E-state index in [1.807, 2.05) is 58.1 Å². The molecule has 5 aromatic rings. The van der Waals surface area contributed by atoms with Gasteiger partial charge in [-0.15, -0.1) is 27.8 Å². The first kappa shape index (κ1) is 19.4. The highest BCUT2D eigenvalue weighted by atomic mass is 32.1. The Bertz CT molecular complexity index is 1390. The summed E-state index contributed by atoms with van der Waals surface area (Å²) in [5.74, 6) is 0.0815. The number of para-hydroxylation sites is 1. The van der Waals surface area contributed by atoms with Crippen LogP contribution in [-0.2, 0) is 13.0 Å². The molecule has 2 aromatic carbocycles. The second kappa shape index (κ2) is 8.00. The summed E-state index contributed by atoms with van der Waals surface area (Å²) in [7, 11) is 0. The van der Waals surface area contributed by atoms with Crippen LogP contribution in [0, 0.1) is 0 Å². The highest BCUT2D eigenvalue weighted by Crippen LogP contribution is 2.40. The van der Waals surface area contributed by atoms with Crippen molar-refractivity contribution in [2.45, 2.75) is 19.0 Å². The van der Waals surface area contributed by atoms with Gasteiger partial charge in [0.15, 0.2) is 0 Å². The number of thiophene rings is 2. The van der Waals surface area contributed by atoms with Crippen LogP contribution in [0.25, 0.3) is 11.0 Å². The van der Waals surface area contributed by atoms with Crippen molar-refractivity contribution in [3.05, 3.63) is 104 Å². The van der Waals surface area contributed by atoms with Gasteiger partial charge in [0.05, 0.1) is 18.1 Å². The van der Waals surface area contributed by atoms with Gasteiger partial charge in [-0.3, -0.25) is 4.79 Å². The molecule has 0 bridgehead atoms. The van der Waals surface area contributed by atoms with E-state index >= 15 is 0 Å². The van der Waals surface area contributed by atoms with Crippen molar-refractivity contribution in [1.29, 1.82) is 0 Å². The maximum atomic E-state index is 13.5. The van der Waals surface area contributed by atoms with Crippen LogP contribution in [0.2, 0.25) is 0 Å². The number of nitrogens with zero attached hydrogens (tertiary/aromatic N) is 4. The molecule has 0 unspecified atom stereocenters. The van der Waals surface area contributed by atoms with E-state index in [2.05, 4.69) is 39.3 Å². The van der Waals surface area contributed by atoms with Crippen LogP contribution in [-0.4, -0.2) is 32.3 Å². The van der Waals surface area contributed by atoms with Crippen LogP contribution in [0.3, 0.4) is 0 Å². The number of aromatic nitrogens is 3. The van der Waals surface area contributed by atoms with Gasteiger partial charge in [-0.2, -0.15) is 0 Å². The van der Waals surface area contributed by atoms with Gasteiger partial charge < -0.3 is 4.90 Å². The van der Waals surface area contributed by atoms with Crippen molar-refractivity contribution in [1.82, 2.24) is 19.9 Å². The van der Waals surface area contributed by atoms with Crippen LogP contribution in [0.4, 0.5) is 0 Å². The summed E-state index contributed by atoms with van der Waals surface area (Å²) in [5, 5.41) is 12.7. The molecule has 1 atom stereocenters. The first-order valence-electron chi connectivity index (χ1n) is 10.6. The molecule has 0 aliphatic carbocycles. The van der Waals surface area contributed by atoms with E-state index in [0.29, 0.717) is 6.54 Å². The normalized spacial score (nSPS) is 15.8. The minimum Gasteiger partial charge on any atom is -0.326 e. The van der Waals surface area contributed by atoms with E-state index in [-0.39, 0.29) is 11.9 Å². The molecule has 1 aliphatic heterocycles. The maximum Gasteiger partial charge on any atom is 0.254 e. The molecule has 4 heterocycles. The third-order valence-corrected chi connectivity index (χ3v) is 7.91. The van der Waals surface area contributed by atoms with E-state index in [9.17, 15) is 4.79 Å². The molecule has 5 nitrogen and oxygen atoms in total. The van der Waals surface area contributed by atoms with E-state index < -0.39 is 0 Å². The van der Waals surface area contributed by atoms with E-state index in [4.69, 9.17) is 0 Å². The third kappa shape index (κ3) is 3.34. The zero-order chi connectivity index (χ0) is 21.5. The largest absolute Gasteiger partial charge is 0.326 e. The van der Waals surface area contributed by atoms with Crippen LogP contribution in [0.5, 0.6) is 0 Å². The Hall–Kier alpha value is -3.29. The Morgan fingerprint density at radius 3 is 2.69 bits per heavy atom. The average Bonchev–Trinajstić information content (AvgIpc) is 3.60. The maximum absolute atomic E-state index is 13.5. The monoisotopic (exact) mass is 456 g/mol. The number of amides is 1. The van der Waals surface area contributed by atoms with Crippen LogP contribution in [0.1, 0.15) is 37.3 Å². The highest BCUT2D eigenvalue weighted by molar-refractivity contribution is 7.10. The molecule has 32 heavy (non-hydrogen) atoms. The number of carbonyl (C=O) groups excluding carboxylic acids is 1. The minimum absolute atomic E-state index is 0.00121. The zero-order valence-corrected chi connectivity index (χ0v) is 18.9. The Morgan fingerprint density at radius 2 is 1.84 bits per heavy atom. The summed E-state index contributed by atoms with van der Waals surface area (Å²) in [4.78, 5) is 18.2. The first-order valence-corrected chi connectivity index (χ1v) is 12.3. The van der Waals surface area contributed by atoms with E-state index in [1.165, 1.54) is 15.3 Å². The van der Waals surface area contributed by atoms with Gasteiger partial charge in [-0.1, -0.05) is 35.5 Å². The van der Waals surface area contributed by atoms with E-state index in [1.54, 1.807) is 22.7 Å². The van der Waals surface area contributed by atoms with E-state index in [0.717, 1.165) is 35.1 Å². The van der Waals surface area contributed by atoms with Gasteiger partial charge in [0.1, 0.15) is 5.52 Å². The van der Waals surface area contributed by atoms with Crippen LogP contribution >= 0.6 is 22.7 Å². The first-order chi connectivity index (χ1) is 15.8. The molecule has 158 valence electrons. The number of hydrogen-bond acceptors (Lipinski definition) is 5. The molecule has 1 aliphatic rings. The second-order valence-electron chi connectivity index (χ2n) is 7.90. The lowest BCUT2D eigenvalue weighted by Crippen LogP contribution is -2.39. The van der Waals surface area contributed by atoms with Gasteiger partial charge in [0.2, 0.25) is 0 Å². The summed E-state index contributed by atoms with van der Waals surface area (Å²) in [6.45, 7) is 1.36. The molecular formula is C25H20N4OS2. The fourth-order valence-electron chi connectivity index (χ4n) is 4.41. The number of hydrogen-bond donors (Lipinski definition) is 0. The number of benzene rings is 2. The molecule has 3 aromatic heterocycles. The second-order valence-corrected chi connectivity index (χ2v) is 9.88. The Morgan fingerprint density at radius 1 is 0.969 bits per heavy atom. The summed E-state index contributed by atoms with van der Waals surface area (Å²) >= 11 is 3.51. The Kier molecular flexibility index (Phi) is 4.85. The summed E-state index contributed by atoms with van der Waals surface area (Å²) < 4.78 is 1.89. The Labute approximate surface area is 193 Å². The molecule has 0 N–H and O–H groups in total. The lowest BCUT2D eigenvalue weighted by molar-refractivity contribution is 0.0699. The van der Waals surface area contributed by atoms with Gasteiger partial charge in [0.25, 0.3) is 5.91 Å². The Balaban J connectivity index is 1.26. The standard InChI is InChI=1S/C25H20N4OS2/c30-25(28-13-11-22-19(12-15-32-22)24(28)23-6-3-14-31-23)18-9-7-17(8-10-18)16-29-21-5-2-1-4-20(21)26-27-29/h1-10,12,14-15,24H,11,13,16H2/t24-/m1/s1. The molecular weight excluding hydrogens is 436 g/mol. The van der Waals surface area contributed by atoms with Crippen molar-refractivity contribution >= 4 is 39.6 Å². The molecule has 0 spiro atoms. The molecule has 0 radical (unpaired) electrons. The number of carbonyl (C=O) groups is 1. The van der Waals surface area contributed by atoms with Crippen molar-refractivity contribution in [3.63, 3.8) is 0 Å². The van der Waals surface area contributed by atoms with Gasteiger partial charge in [-0.05, 0) is 64.7 Å². The number of rotatable bonds is 4. The SMILES string of the molecule is O=C(c1ccc(Cn2nnc3ccccc32)cc1)N1CCc2sccc2[C@@H]1c1cccs1. The average molecular weight is 457 g/mol. The lowest BCUT2D eigenvalue weighted by atomic mass is 9.97. The minimum atomic E-state index is -0.00121. The van der Waals surface area contributed by atoms with Crippen molar-refractivity contribution < 1.29 is 4.79 Å². The topological polar surface area (TPSA) is 51.0 Å². The molecule has 0 fully saturated rings. The van der Waals surface area contributed by atoms with Crippen LogP contribution < -0.4 is 0 Å². The lowest BCUT2D eigenvalue weighted by Gasteiger charge is -2.35. The highest BCUT2D eigenvalue weighted by Gasteiger charge is 2.33. The molecule has 0 saturated heterocycles. The molecule has 0 saturated carbocycles. The molecule has 7 heteroatoms. The summed E-state index contributed by atoms with van der Waals surface area (Å²) in [5.41, 5.74) is 4.97. The van der Waals surface area contributed by atoms with Gasteiger partial charge >= 0.3 is 0 Å². The van der Waals surface area contributed by atoms with Crippen molar-refractivity contribution in [3.8, 4) is 0 Å². The smallest absolute Gasteiger partial charge is 0.254 e. The van der Waals surface area contributed by atoms with Gasteiger partial charge in [0, 0.05) is 21.9 Å². The summed E-state index contributed by atoms with van der Waals surface area (Å²) in [6, 6.07) is 22.2. The third-order valence-electron chi connectivity index (χ3n) is 5.99.